The van der Waals surface area contributed by atoms with Crippen molar-refractivity contribution >= 4 is 15.8 Å². The molecular weight excluding hydrogens is 402 g/mol. The lowest BCUT2D eigenvalue weighted by Gasteiger charge is -2.35. The number of hydrogen-bond acceptors (Lipinski definition) is 5. The average Bonchev–Trinajstić information content (AvgIpc) is 2.79. The zero-order chi connectivity index (χ0) is 21.2. The highest BCUT2D eigenvalue weighted by atomic mass is 32.2. The summed E-state index contributed by atoms with van der Waals surface area (Å²) >= 11 is 0. The van der Waals surface area contributed by atoms with Crippen LogP contribution < -0.4 is 5.32 Å². The molecule has 0 aliphatic carbocycles. The van der Waals surface area contributed by atoms with Crippen LogP contribution in [0.1, 0.15) is 39.0 Å². The van der Waals surface area contributed by atoms with E-state index >= 15 is 0 Å². The number of benzene rings is 1. The predicted molar refractivity (Wildman–Crippen MR) is 119 cm³/mol. The quantitative estimate of drug-likeness (QED) is 0.497. The zero-order valence-electron chi connectivity index (χ0n) is 18.0. The molecule has 0 aromatic heterocycles. The molecule has 2 aliphatic heterocycles. The summed E-state index contributed by atoms with van der Waals surface area (Å²) in [6.45, 7) is 6.27. The van der Waals surface area contributed by atoms with Crippen LogP contribution in [-0.4, -0.2) is 76.6 Å². The second-order valence-corrected chi connectivity index (χ2v) is 9.99. The minimum atomic E-state index is -3.31. The Morgan fingerprint density at radius 3 is 2.63 bits per heavy atom. The second-order valence-electron chi connectivity index (χ2n) is 7.88. The van der Waals surface area contributed by atoms with E-state index in [2.05, 4.69) is 15.2 Å². The van der Waals surface area contributed by atoms with Crippen LogP contribution >= 0.6 is 0 Å². The van der Waals surface area contributed by atoms with Crippen molar-refractivity contribution in [1.82, 2.24) is 10.2 Å². The first-order chi connectivity index (χ1) is 14.6. The molecule has 0 spiro atoms. The van der Waals surface area contributed by atoms with Crippen molar-refractivity contribution in [2.24, 2.45) is 4.99 Å². The maximum Gasteiger partial charge on any atom is 0.193 e. The molecule has 0 amide bonds. The van der Waals surface area contributed by atoms with Gasteiger partial charge in [0.1, 0.15) is 0 Å². The van der Waals surface area contributed by atoms with Crippen molar-refractivity contribution in [3.63, 3.8) is 0 Å². The molecule has 7 nitrogen and oxygen atoms in total. The van der Waals surface area contributed by atoms with Crippen LogP contribution in [0.15, 0.2) is 40.2 Å². The first-order valence-corrected chi connectivity index (χ1v) is 12.8. The van der Waals surface area contributed by atoms with Crippen molar-refractivity contribution in [2.45, 2.75) is 56.1 Å². The fraction of sp³-hybridized carbons (Fsp3) is 0.682. The van der Waals surface area contributed by atoms with E-state index in [1.807, 2.05) is 13.0 Å². The lowest BCUT2D eigenvalue weighted by Crippen LogP contribution is -2.47. The van der Waals surface area contributed by atoms with Crippen molar-refractivity contribution in [3.05, 3.63) is 30.3 Å². The SMILES string of the molecule is CCNC(=NCCS(=O)(=O)c1ccccc1)N1CCC(OCC2CCCCO2)CC1. The molecule has 2 heterocycles. The number of hydrogen-bond donors (Lipinski definition) is 1. The lowest BCUT2D eigenvalue weighted by atomic mass is 10.1. The van der Waals surface area contributed by atoms with E-state index in [0.717, 1.165) is 57.9 Å². The van der Waals surface area contributed by atoms with Gasteiger partial charge >= 0.3 is 0 Å². The van der Waals surface area contributed by atoms with Gasteiger partial charge in [0.15, 0.2) is 15.8 Å². The molecule has 0 bridgehead atoms. The summed E-state index contributed by atoms with van der Waals surface area (Å²) in [6, 6.07) is 8.57. The highest BCUT2D eigenvalue weighted by Crippen LogP contribution is 2.18. The number of sulfone groups is 1. The number of rotatable bonds is 8. The molecule has 1 atom stereocenters. The number of ether oxygens (including phenoxy) is 2. The number of likely N-dealkylation sites (tertiary alicyclic amines) is 1. The molecule has 1 aromatic rings. The first-order valence-electron chi connectivity index (χ1n) is 11.1. The third kappa shape index (κ3) is 6.96. The predicted octanol–water partition coefficient (Wildman–Crippen LogP) is 2.48. The van der Waals surface area contributed by atoms with Gasteiger partial charge in [-0.15, -0.1) is 0 Å². The van der Waals surface area contributed by atoms with E-state index in [1.54, 1.807) is 24.3 Å². The van der Waals surface area contributed by atoms with Gasteiger partial charge in [0.25, 0.3) is 0 Å². The van der Waals surface area contributed by atoms with Crippen molar-refractivity contribution in [2.75, 3.05) is 45.1 Å². The highest BCUT2D eigenvalue weighted by Gasteiger charge is 2.24. The molecule has 2 aliphatic rings. The number of piperidine rings is 1. The van der Waals surface area contributed by atoms with Gasteiger partial charge in [-0.1, -0.05) is 18.2 Å². The first kappa shape index (κ1) is 23.0. The van der Waals surface area contributed by atoms with Gasteiger partial charge in [-0.2, -0.15) is 0 Å². The van der Waals surface area contributed by atoms with Crippen molar-refractivity contribution < 1.29 is 17.9 Å². The van der Waals surface area contributed by atoms with E-state index in [9.17, 15) is 8.42 Å². The Morgan fingerprint density at radius 1 is 1.20 bits per heavy atom. The third-order valence-corrected chi connectivity index (χ3v) is 7.30. The monoisotopic (exact) mass is 437 g/mol. The van der Waals surface area contributed by atoms with Crippen LogP contribution in [0, 0.1) is 0 Å². The fourth-order valence-corrected chi connectivity index (χ4v) is 5.00. The van der Waals surface area contributed by atoms with Gasteiger partial charge in [-0.25, -0.2) is 8.42 Å². The molecule has 0 radical (unpaired) electrons. The van der Waals surface area contributed by atoms with E-state index in [0.29, 0.717) is 11.5 Å². The Hall–Kier alpha value is -1.64. The molecule has 1 unspecified atom stereocenters. The van der Waals surface area contributed by atoms with Gasteiger partial charge < -0.3 is 19.7 Å². The van der Waals surface area contributed by atoms with E-state index in [1.165, 1.54) is 6.42 Å². The van der Waals surface area contributed by atoms with Gasteiger partial charge in [0.05, 0.1) is 36.0 Å². The molecular formula is C22H35N3O4S. The van der Waals surface area contributed by atoms with Crippen LogP contribution in [0.25, 0.3) is 0 Å². The minimum absolute atomic E-state index is 0.00682. The Balaban J connectivity index is 1.46. The number of aliphatic imine (C=N–C) groups is 1. The number of guanidine groups is 1. The topological polar surface area (TPSA) is 80.2 Å². The van der Waals surface area contributed by atoms with Crippen LogP contribution in [0.3, 0.4) is 0 Å². The van der Waals surface area contributed by atoms with Gasteiger partial charge in [-0.3, -0.25) is 4.99 Å². The molecule has 30 heavy (non-hydrogen) atoms. The van der Waals surface area contributed by atoms with E-state index in [-0.39, 0.29) is 24.5 Å². The second kappa shape index (κ2) is 11.7. The van der Waals surface area contributed by atoms with E-state index < -0.39 is 9.84 Å². The zero-order valence-corrected chi connectivity index (χ0v) is 18.8. The van der Waals surface area contributed by atoms with Crippen LogP contribution in [-0.2, 0) is 19.3 Å². The largest absolute Gasteiger partial charge is 0.376 e. The van der Waals surface area contributed by atoms with E-state index in [4.69, 9.17) is 9.47 Å². The fourth-order valence-electron chi connectivity index (χ4n) is 3.86. The molecule has 0 saturated carbocycles. The van der Waals surface area contributed by atoms with Crippen LogP contribution in [0.4, 0.5) is 0 Å². The molecule has 168 valence electrons. The summed E-state index contributed by atoms with van der Waals surface area (Å²) < 4.78 is 36.8. The molecule has 8 heteroatoms. The summed E-state index contributed by atoms with van der Waals surface area (Å²) in [5.74, 6) is 0.794. The molecule has 2 fully saturated rings. The van der Waals surface area contributed by atoms with Crippen LogP contribution in [0.2, 0.25) is 0 Å². The maximum absolute atomic E-state index is 12.5. The normalized spacial score (nSPS) is 21.6. The minimum Gasteiger partial charge on any atom is -0.376 e. The maximum atomic E-state index is 12.5. The lowest BCUT2D eigenvalue weighted by molar-refractivity contribution is -0.0721. The highest BCUT2D eigenvalue weighted by molar-refractivity contribution is 7.91. The Labute approximate surface area is 180 Å². The summed E-state index contributed by atoms with van der Waals surface area (Å²) in [7, 11) is -3.31. The standard InChI is InChI=1S/C22H35N3O4S/c1-2-23-22(24-13-17-30(26,27)21-9-4-3-5-10-21)25-14-11-19(12-15-25)29-18-20-8-6-7-16-28-20/h3-5,9-10,19-20H,2,6-8,11-18H2,1H3,(H,23,24). The smallest absolute Gasteiger partial charge is 0.193 e. The average molecular weight is 438 g/mol. The van der Waals surface area contributed by atoms with Crippen molar-refractivity contribution in [1.29, 1.82) is 0 Å². The molecule has 2 saturated heterocycles. The van der Waals surface area contributed by atoms with Gasteiger partial charge in [0.2, 0.25) is 0 Å². The van der Waals surface area contributed by atoms with Gasteiger partial charge in [-0.05, 0) is 51.2 Å². The summed E-state index contributed by atoms with van der Waals surface area (Å²) in [5, 5.41) is 3.30. The molecule has 1 N–H and O–H groups in total. The van der Waals surface area contributed by atoms with Gasteiger partial charge in [0, 0.05) is 26.2 Å². The number of nitrogens with one attached hydrogen (secondary N) is 1. The van der Waals surface area contributed by atoms with Crippen molar-refractivity contribution in [3.8, 4) is 0 Å². The summed E-state index contributed by atoms with van der Waals surface area (Å²) in [5.41, 5.74) is 0. The summed E-state index contributed by atoms with van der Waals surface area (Å²) in [6.07, 6.45) is 5.89. The number of nitrogens with zero attached hydrogens (tertiary/aromatic N) is 2. The molecule has 1 aromatic carbocycles. The Morgan fingerprint density at radius 2 is 1.97 bits per heavy atom. The molecule has 3 rings (SSSR count). The summed E-state index contributed by atoms with van der Waals surface area (Å²) in [4.78, 5) is 7.14. The third-order valence-electron chi connectivity index (χ3n) is 5.59. The Bertz CT molecular complexity index is 756. The van der Waals surface area contributed by atoms with Crippen LogP contribution in [0.5, 0.6) is 0 Å². The Kier molecular flexibility index (Phi) is 8.96.